The minimum Gasteiger partial charge on any atom is -0.461 e. The summed E-state index contributed by atoms with van der Waals surface area (Å²) in [6.07, 6.45) is 0.960. The maximum atomic E-state index is 12.8. The molecular weight excluding hydrogens is 488 g/mol. The maximum absolute atomic E-state index is 12.8. The Bertz CT molecular complexity index is 963. The molecule has 0 N–H and O–H groups in total. The van der Waals surface area contributed by atoms with E-state index in [-0.39, 0.29) is 48.4 Å². The van der Waals surface area contributed by atoms with Gasteiger partial charge >= 0.3 is 23.9 Å². The molecule has 0 amide bonds. The fourth-order valence-corrected chi connectivity index (χ4v) is 3.86. The van der Waals surface area contributed by atoms with Gasteiger partial charge in [-0.05, 0) is 78.5 Å². The summed E-state index contributed by atoms with van der Waals surface area (Å²) in [4.78, 5) is 49.5. The van der Waals surface area contributed by atoms with E-state index in [0.717, 1.165) is 0 Å². The molecule has 8 nitrogen and oxygen atoms in total. The van der Waals surface area contributed by atoms with Gasteiger partial charge in [-0.25, -0.2) is 9.59 Å². The minimum absolute atomic E-state index is 0.0112. The van der Waals surface area contributed by atoms with Crippen molar-refractivity contribution in [1.82, 2.24) is 0 Å². The summed E-state index contributed by atoms with van der Waals surface area (Å²) in [6, 6.07) is 6.19. The Morgan fingerprint density at radius 3 is 1.74 bits per heavy atom. The van der Waals surface area contributed by atoms with Crippen LogP contribution in [0.1, 0.15) is 116 Å². The Morgan fingerprint density at radius 1 is 0.737 bits per heavy atom. The minimum atomic E-state index is -0.668. The molecule has 0 radical (unpaired) electrons. The van der Waals surface area contributed by atoms with Crippen molar-refractivity contribution < 1.29 is 38.1 Å². The highest BCUT2D eigenvalue weighted by atomic mass is 16.6. The van der Waals surface area contributed by atoms with Gasteiger partial charge in [-0.1, -0.05) is 33.8 Å². The second-order valence-corrected chi connectivity index (χ2v) is 12.6. The second-order valence-electron chi connectivity index (χ2n) is 12.6. The van der Waals surface area contributed by atoms with Crippen LogP contribution >= 0.6 is 0 Å². The van der Waals surface area contributed by atoms with Crippen molar-refractivity contribution in [2.75, 3.05) is 6.61 Å². The predicted molar refractivity (Wildman–Crippen MR) is 145 cm³/mol. The first kappa shape index (κ1) is 33.1. The monoisotopic (exact) mass is 534 g/mol. The number of benzene rings is 1. The van der Waals surface area contributed by atoms with Crippen LogP contribution in [-0.4, -0.2) is 47.8 Å². The molecule has 0 aliphatic carbocycles. The number of ether oxygens (including phenoxy) is 4. The average molecular weight is 535 g/mol. The summed E-state index contributed by atoms with van der Waals surface area (Å²) in [6.45, 7) is 18.4. The number of rotatable bonds is 12. The third-order valence-electron chi connectivity index (χ3n) is 5.37. The van der Waals surface area contributed by atoms with Gasteiger partial charge in [0.05, 0.1) is 11.1 Å². The normalized spacial score (nSPS) is 13.0. The average Bonchev–Trinajstić information content (AvgIpc) is 2.76. The van der Waals surface area contributed by atoms with Crippen LogP contribution in [0.5, 0.6) is 0 Å². The molecule has 38 heavy (non-hydrogen) atoms. The second kappa shape index (κ2) is 13.8. The van der Waals surface area contributed by atoms with Crippen LogP contribution in [0.25, 0.3) is 0 Å². The maximum Gasteiger partial charge on any atom is 0.338 e. The van der Waals surface area contributed by atoms with Crippen molar-refractivity contribution in [3.05, 3.63) is 35.4 Å². The number of carbonyl (C=O) groups excluding carboxylic acids is 4. The SMILES string of the molecule is CC(C)C(OC(=O)CCCCC(=O)OC(C)(C)C)C(C)(C)COC(=O)c1cccc(C(=O)OC(C)(C)C)c1. The van der Waals surface area contributed by atoms with Crippen molar-refractivity contribution in [2.45, 2.75) is 112 Å². The van der Waals surface area contributed by atoms with Gasteiger partial charge in [-0.15, -0.1) is 0 Å². The molecule has 8 heteroatoms. The number of hydrogen-bond donors (Lipinski definition) is 0. The summed E-state index contributed by atoms with van der Waals surface area (Å²) >= 11 is 0. The molecule has 0 saturated heterocycles. The van der Waals surface area contributed by atoms with Gasteiger partial charge in [0, 0.05) is 18.3 Å². The van der Waals surface area contributed by atoms with Crippen molar-refractivity contribution in [2.24, 2.45) is 11.3 Å². The van der Waals surface area contributed by atoms with Crippen molar-refractivity contribution in [1.29, 1.82) is 0 Å². The third kappa shape index (κ3) is 12.6. The van der Waals surface area contributed by atoms with E-state index in [9.17, 15) is 19.2 Å². The van der Waals surface area contributed by atoms with Crippen LogP contribution in [-0.2, 0) is 28.5 Å². The highest BCUT2D eigenvalue weighted by Crippen LogP contribution is 2.30. The van der Waals surface area contributed by atoms with Gasteiger partial charge in [-0.3, -0.25) is 9.59 Å². The largest absolute Gasteiger partial charge is 0.461 e. The topological polar surface area (TPSA) is 105 Å². The van der Waals surface area contributed by atoms with Gasteiger partial charge in [0.15, 0.2) is 0 Å². The summed E-state index contributed by atoms with van der Waals surface area (Å²) in [5.74, 6) is -1.78. The Balaban J connectivity index is 2.68. The zero-order valence-electron chi connectivity index (χ0n) is 24.8. The lowest BCUT2D eigenvalue weighted by atomic mass is 9.81. The molecule has 1 atom stereocenters. The molecule has 1 aromatic rings. The zero-order chi connectivity index (χ0) is 29.3. The van der Waals surface area contributed by atoms with Crippen LogP contribution in [0.4, 0.5) is 0 Å². The van der Waals surface area contributed by atoms with Crippen LogP contribution < -0.4 is 0 Å². The molecule has 0 heterocycles. The summed E-state index contributed by atoms with van der Waals surface area (Å²) in [5, 5.41) is 0. The Labute approximate surface area is 227 Å². The van der Waals surface area contributed by atoms with E-state index in [1.165, 1.54) is 6.07 Å². The quantitative estimate of drug-likeness (QED) is 0.175. The first-order valence-corrected chi connectivity index (χ1v) is 13.2. The number of carbonyl (C=O) groups is 4. The van der Waals surface area contributed by atoms with Gasteiger partial charge in [-0.2, -0.15) is 0 Å². The lowest BCUT2D eigenvalue weighted by molar-refractivity contribution is -0.162. The fourth-order valence-electron chi connectivity index (χ4n) is 3.86. The molecule has 0 bridgehead atoms. The standard InChI is InChI=1S/C30H46O8/c1-20(2)25(36-23(31)16-11-12-17-24(32)37-28(3,4)5)30(9,10)19-35-26(33)21-14-13-15-22(18-21)27(34)38-29(6,7)8/h13-15,18,20,25H,11-12,16-17,19H2,1-10H3. The molecule has 0 aromatic heterocycles. The van der Waals surface area contributed by atoms with Crippen LogP contribution in [0, 0.1) is 11.3 Å². The Kier molecular flexibility index (Phi) is 12.0. The lowest BCUT2D eigenvalue weighted by Crippen LogP contribution is -2.41. The van der Waals surface area contributed by atoms with E-state index in [0.29, 0.717) is 12.8 Å². The smallest absolute Gasteiger partial charge is 0.338 e. The predicted octanol–water partition coefficient (Wildman–Crippen LogP) is 6.29. The highest BCUT2D eigenvalue weighted by molar-refractivity contribution is 5.95. The molecule has 1 aromatic carbocycles. The molecule has 1 unspecified atom stereocenters. The highest BCUT2D eigenvalue weighted by Gasteiger charge is 2.36. The fraction of sp³-hybridized carbons (Fsp3) is 0.667. The third-order valence-corrected chi connectivity index (χ3v) is 5.37. The molecule has 0 aliphatic rings. The summed E-state index contributed by atoms with van der Waals surface area (Å²) in [5.41, 5.74) is -1.37. The van der Waals surface area contributed by atoms with Crippen molar-refractivity contribution in [3.63, 3.8) is 0 Å². The molecule has 0 aliphatic heterocycles. The summed E-state index contributed by atoms with van der Waals surface area (Å²) in [7, 11) is 0. The van der Waals surface area contributed by atoms with Gasteiger partial charge in [0.1, 0.15) is 23.9 Å². The number of unbranched alkanes of at least 4 members (excludes halogenated alkanes) is 1. The molecule has 0 saturated carbocycles. The summed E-state index contributed by atoms with van der Waals surface area (Å²) < 4.78 is 22.0. The van der Waals surface area contributed by atoms with E-state index in [2.05, 4.69) is 0 Å². The Hall–Kier alpha value is -2.90. The van der Waals surface area contributed by atoms with E-state index in [1.54, 1.807) is 39.0 Å². The van der Waals surface area contributed by atoms with Crippen LogP contribution in [0.3, 0.4) is 0 Å². The lowest BCUT2D eigenvalue weighted by Gasteiger charge is -2.36. The molecule has 0 fully saturated rings. The van der Waals surface area contributed by atoms with E-state index in [1.807, 2.05) is 48.5 Å². The first-order valence-electron chi connectivity index (χ1n) is 13.2. The molecule has 1 rings (SSSR count). The van der Waals surface area contributed by atoms with Crippen molar-refractivity contribution >= 4 is 23.9 Å². The Morgan fingerprint density at radius 2 is 1.24 bits per heavy atom. The van der Waals surface area contributed by atoms with Crippen LogP contribution in [0.15, 0.2) is 24.3 Å². The van der Waals surface area contributed by atoms with Gasteiger partial charge in [0.2, 0.25) is 0 Å². The van der Waals surface area contributed by atoms with Gasteiger partial charge < -0.3 is 18.9 Å². The molecule has 0 spiro atoms. The molecular formula is C30H46O8. The number of esters is 4. The zero-order valence-corrected chi connectivity index (χ0v) is 24.8. The van der Waals surface area contributed by atoms with E-state index in [4.69, 9.17) is 18.9 Å². The number of hydrogen-bond acceptors (Lipinski definition) is 8. The molecule has 214 valence electrons. The van der Waals surface area contributed by atoms with Crippen molar-refractivity contribution in [3.8, 4) is 0 Å². The van der Waals surface area contributed by atoms with E-state index >= 15 is 0 Å². The first-order chi connectivity index (χ1) is 17.3. The van der Waals surface area contributed by atoms with Crippen LogP contribution in [0.2, 0.25) is 0 Å². The van der Waals surface area contributed by atoms with E-state index < -0.39 is 34.7 Å². The van der Waals surface area contributed by atoms with Gasteiger partial charge in [0.25, 0.3) is 0 Å².